The van der Waals surface area contributed by atoms with Crippen molar-refractivity contribution in [2.24, 2.45) is 11.8 Å². The van der Waals surface area contributed by atoms with Crippen molar-refractivity contribution in [2.75, 3.05) is 7.11 Å². The predicted octanol–water partition coefficient (Wildman–Crippen LogP) is 3.79. The highest BCUT2D eigenvalue weighted by molar-refractivity contribution is 5.70. The number of carbonyl (C=O) groups is 2. The summed E-state index contributed by atoms with van der Waals surface area (Å²) in [5.41, 5.74) is -1.28. The summed E-state index contributed by atoms with van der Waals surface area (Å²) in [5.74, 6) is -1.26. The Labute approximate surface area is 239 Å². The monoisotopic (exact) mass is 566 g/mol. The Morgan fingerprint density at radius 1 is 1.32 bits per heavy atom. The lowest BCUT2D eigenvalue weighted by Crippen LogP contribution is -2.44. The zero-order valence-electron chi connectivity index (χ0n) is 25.3. The molecule has 2 aliphatic heterocycles. The number of aliphatic hydroxyl groups is 3. The van der Waals surface area contributed by atoms with E-state index in [1.165, 1.54) is 14.0 Å². The second-order valence-electron chi connectivity index (χ2n) is 11.9. The third-order valence-electron chi connectivity index (χ3n) is 8.11. The summed E-state index contributed by atoms with van der Waals surface area (Å²) in [6, 6.07) is 0. The molecule has 2 aliphatic rings. The molecule has 0 bridgehead atoms. The van der Waals surface area contributed by atoms with Gasteiger partial charge in [0, 0.05) is 32.3 Å². The van der Waals surface area contributed by atoms with E-state index in [4.69, 9.17) is 18.9 Å². The average molecular weight is 567 g/mol. The van der Waals surface area contributed by atoms with Crippen LogP contribution in [0.25, 0.3) is 0 Å². The largest absolute Gasteiger partial charge is 0.457 e. The highest BCUT2D eigenvalue weighted by Crippen LogP contribution is 2.37. The van der Waals surface area contributed by atoms with E-state index in [1.807, 2.05) is 40.7 Å². The zero-order chi connectivity index (χ0) is 30.3. The van der Waals surface area contributed by atoms with Crippen LogP contribution < -0.4 is 0 Å². The van der Waals surface area contributed by atoms with Crippen molar-refractivity contribution in [3.8, 4) is 0 Å². The molecular weight excluding hydrogens is 516 g/mol. The van der Waals surface area contributed by atoms with E-state index in [2.05, 4.69) is 0 Å². The second-order valence-corrected chi connectivity index (χ2v) is 11.9. The molecule has 0 radical (unpaired) electrons. The number of methoxy groups -OCH3 is 1. The summed E-state index contributed by atoms with van der Waals surface area (Å²) in [5, 5.41) is 31.5. The highest BCUT2D eigenvalue weighted by atomic mass is 16.6. The summed E-state index contributed by atoms with van der Waals surface area (Å²) in [4.78, 5) is 24.5. The predicted molar refractivity (Wildman–Crippen MR) is 151 cm³/mol. The normalized spacial score (nSPS) is 36.0. The van der Waals surface area contributed by atoms with Crippen LogP contribution in [0.4, 0.5) is 0 Å². The maximum atomic E-state index is 12.7. The van der Waals surface area contributed by atoms with Crippen LogP contribution in [0.3, 0.4) is 0 Å². The van der Waals surface area contributed by atoms with Crippen LogP contribution in [0, 0.1) is 11.8 Å². The molecule has 3 N–H and O–H groups in total. The summed E-state index contributed by atoms with van der Waals surface area (Å²) >= 11 is 0. The number of cyclic esters (lactones) is 1. The van der Waals surface area contributed by atoms with Gasteiger partial charge in [-0.2, -0.15) is 0 Å². The van der Waals surface area contributed by atoms with Gasteiger partial charge in [0.2, 0.25) is 0 Å². The Morgan fingerprint density at radius 2 is 2.00 bits per heavy atom. The summed E-state index contributed by atoms with van der Waals surface area (Å²) in [7, 11) is 1.53. The lowest BCUT2D eigenvalue weighted by Gasteiger charge is -2.35. The van der Waals surface area contributed by atoms with Crippen LogP contribution in [0.2, 0.25) is 0 Å². The third-order valence-corrected chi connectivity index (χ3v) is 8.11. The summed E-state index contributed by atoms with van der Waals surface area (Å²) in [6.07, 6.45) is 7.40. The van der Waals surface area contributed by atoms with Crippen molar-refractivity contribution in [2.45, 2.75) is 128 Å². The molecule has 9 nitrogen and oxygen atoms in total. The first-order chi connectivity index (χ1) is 18.6. The van der Waals surface area contributed by atoms with Gasteiger partial charge in [0.1, 0.15) is 17.8 Å². The second kappa shape index (κ2) is 14.7. The Bertz CT molecular complexity index is 939. The molecule has 10 atom stereocenters. The van der Waals surface area contributed by atoms with Gasteiger partial charge in [-0.1, -0.05) is 45.1 Å². The zero-order valence-corrected chi connectivity index (χ0v) is 25.3. The molecule has 1 fully saturated rings. The number of ether oxygens (including phenoxy) is 4. The van der Waals surface area contributed by atoms with E-state index >= 15 is 0 Å². The van der Waals surface area contributed by atoms with Crippen molar-refractivity contribution in [1.29, 1.82) is 0 Å². The molecule has 9 heteroatoms. The first kappa shape index (κ1) is 34.2. The van der Waals surface area contributed by atoms with E-state index in [0.717, 1.165) is 5.57 Å². The fourth-order valence-electron chi connectivity index (χ4n) is 5.19. The van der Waals surface area contributed by atoms with Crippen molar-refractivity contribution in [1.82, 2.24) is 0 Å². The molecule has 0 aromatic carbocycles. The minimum atomic E-state index is -1.13. The first-order valence-corrected chi connectivity index (χ1v) is 14.3. The molecule has 0 spiro atoms. The fourth-order valence-corrected chi connectivity index (χ4v) is 5.19. The van der Waals surface area contributed by atoms with E-state index in [9.17, 15) is 24.9 Å². The van der Waals surface area contributed by atoms with Crippen LogP contribution in [0.15, 0.2) is 36.0 Å². The minimum absolute atomic E-state index is 0.00274. The molecular formula is C31H50O9. The van der Waals surface area contributed by atoms with Gasteiger partial charge in [-0.25, -0.2) is 0 Å². The number of esters is 2. The quantitative estimate of drug-likeness (QED) is 0.156. The Hall–Kier alpha value is -2.04. The number of carbonyl (C=O) groups excluding carboxylic acids is 2. The maximum Gasteiger partial charge on any atom is 0.309 e. The summed E-state index contributed by atoms with van der Waals surface area (Å²) < 4.78 is 22.8. The van der Waals surface area contributed by atoms with Gasteiger partial charge in [-0.15, -0.1) is 0 Å². The standard InChI is InChI=1S/C31H50O9/c1-9-24(34)21(4)29-25(39-29)18-30(6,36)15-10-11-19(2)28-20(3)12-13-26(38-22(5)32)31(7,37-8)16-14-23(33)17-27(35)40-28/h10-13,15,20-21,23-26,28-29,33-34,36H,9,14,16-18H2,1-8H3/b13-12+,15-10+,19-11+. The van der Waals surface area contributed by atoms with Gasteiger partial charge in [-0.05, 0) is 51.7 Å². The number of allylic oxidation sites excluding steroid dienone is 2. The number of hydrogen-bond acceptors (Lipinski definition) is 9. The highest BCUT2D eigenvalue weighted by Gasteiger charge is 2.47. The molecule has 2 rings (SSSR count). The number of epoxide rings is 1. The molecule has 2 heterocycles. The topological polar surface area (TPSA) is 135 Å². The number of aliphatic hydroxyl groups excluding tert-OH is 2. The number of hydrogen-bond donors (Lipinski definition) is 3. The SMILES string of the molecule is CCC(O)C(C)C1OC1CC(C)(O)/C=C/C=C(\C)C1OC(=O)CC(O)CCC(C)(OC)C(OC(C)=O)/C=C/C1C. The smallest absolute Gasteiger partial charge is 0.309 e. The van der Waals surface area contributed by atoms with E-state index in [-0.39, 0.29) is 36.9 Å². The maximum absolute atomic E-state index is 12.7. The molecule has 0 aromatic rings. The van der Waals surface area contributed by atoms with Crippen molar-refractivity contribution >= 4 is 11.9 Å². The Morgan fingerprint density at radius 3 is 2.60 bits per heavy atom. The molecule has 0 aromatic heterocycles. The number of rotatable bonds is 10. The van der Waals surface area contributed by atoms with Crippen LogP contribution in [-0.2, 0) is 28.5 Å². The first-order valence-electron chi connectivity index (χ1n) is 14.3. The summed E-state index contributed by atoms with van der Waals surface area (Å²) in [6.45, 7) is 12.5. The molecule has 1 saturated heterocycles. The lowest BCUT2D eigenvalue weighted by atomic mass is 9.88. The van der Waals surface area contributed by atoms with Crippen LogP contribution in [0.1, 0.15) is 80.6 Å². The molecule has 0 saturated carbocycles. The van der Waals surface area contributed by atoms with Gasteiger partial charge in [0.15, 0.2) is 0 Å². The van der Waals surface area contributed by atoms with E-state index in [0.29, 0.717) is 19.3 Å². The van der Waals surface area contributed by atoms with Crippen LogP contribution in [-0.4, -0.2) is 82.2 Å². The van der Waals surface area contributed by atoms with Gasteiger partial charge in [0.25, 0.3) is 0 Å². The van der Waals surface area contributed by atoms with Gasteiger partial charge < -0.3 is 34.3 Å². The fraction of sp³-hybridized carbons (Fsp3) is 0.742. The molecule has 0 aliphatic carbocycles. The van der Waals surface area contributed by atoms with Crippen molar-refractivity contribution in [3.63, 3.8) is 0 Å². The minimum Gasteiger partial charge on any atom is -0.457 e. The van der Waals surface area contributed by atoms with Crippen molar-refractivity contribution in [3.05, 3.63) is 36.0 Å². The van der Waals surface area contributed by atoms with Gasteiger partial charge >= 0.3 is 11.9 Å². The Kier molecular flexibility index (Phi) is 12.6. The van der Waals surface area contributed by atoms with Crippen LogP contribution in [0.5, 0.6) is 0 Å². The van der Waals surface area contributed by atoms with Crippen molar-refractivity contribution < 1.29 is 43.9 Å². The van der Waals surface area contributed by atoms with E-state index < -0.39 is 47.6 Å². The lowest BCUT2D eigenvalue weighted by molar-refractivity contribution is -0.160. The molecule has 0 amide bonds. The average Bonchev–Trinajstić information content (AvgIpc) is 3.64. The van der Waals surface area contributed by atoms with Gasteiger partial charge in [-0.3, -0.25) is 9.59 Å². The molecule has 40 heavy (non-hydrogen) atoms. The Balaban J connectivity index is 2.21. The van der Waals surface area contributed by atoms with E-state index in [1.54, 1.807) is 31.2 Å². The molecule has 228 valence electrons. The van der Waals surface area contributed by atoms with Gasteiger partial charge in [0.05, 0.1) is 36.4 Å². The van der Waals surface area contributed by atoms with Crippen LogP contribution >= 0.6 is 0 Å². The molecule has 10 unspecified atom stereocenters. The third kappa shape index (κ3) is 10.1.